The first-order valence-corrected chi connectivity index (χ1v) is 6.47. The molecule has 0 amide bonds. The third-order valence-electron chi connectivity index (χ3n) is 3.46. The molecule has 2 nitrogen and oxygen atoms in total. The Kier molecular flexibility index (Phi) is 8.07. The Morgan fingerprint density at radius 1 is 1.13 bits per heavy atom. The number of nitrogens with zero attached hydrogens (tertiary/aromatic N) is 1. The van der Waals surface area contributed by atoms with Gasteiger partial charge in [-0.15, -0.1) is 0 Å². The highest BCUT2D eigenvalue weighted by atomic mass is 15.2. The quantitative estimate of drug-likeness (QED) is 0.625. The summed E-state index contributed by atoms with van der Waals surface area (Å²) in [6, 6.07) is 1.34. The third-order valence-corrected chi connectivity index (χ3v) is 3.46. The number of rotatable bonds is 8. The van der Waals surface area contributed by atoms with Crippen molar-refractivity contribution in [2.24, 2.45) is 5.92 Å². The van der Waals surface area contributed by atoms with Crippen molar-refractivity contribution < 1.29 is 0 Å². The number of likely N-dealkylation sites (N-methyl/N-ethyl adjacent to an activating group) is 1. The second kappa shape index (κ2) is 8.12. The monoisotopic (exact) mass is 214 g/mol. The van der Waals surface area contributed by atoms with Crippen LogP contribution >= 0.6 is 0 Å². The topological polar surface area (TPSA) is 15.3 Å². The smallest absolute Gasteiger partial charge is 0.0217 e. The lowest BCUT2D eigenvalue weighted by Crippen LogP contribution is -2.46. The van der Waals surface area contributed by atoms with Crippen molar-refractivity contribution in [3.8, 4) is 0 Å². The molecule has 0 fully saturated rings. The molecule has 0 aliphatic heterocycles. The summed E-state index contributed by atoms with van der Waals surface area (Å²) in [5.41, 5.74) is 0. The van der Waals surface area contributed by atoms with Crippen molar-refractivity contribution in [3.05, 3.63) is 0 Å². The molecule has 0 rings (SSSR count). The van der Waals surface area contributed by atoms with E-state index in [1.54, 1.807) is 0 Å². The lowest BCUT2D eigenvalue weighted by molar-refractivity contribution is 0.142. The fraction of sp³-hybridized carbons (Fsp3) is 1.00. The number of hydrogen-bond donors (Lipinski definition) is 1. The maximum absolute atomic E-state index is 3.52. The first kappa shape index (κ1) is 14.9. The van der Waals surface area contributed by atoms with Gasteiger partial charge in [-0.25, -0.2) is 0 Å². The van der Waals surface area contributed by atoms with E-state index >= 15 is 0 Å². The minimum atomic E-state index is 0.665. The van der Waals surface area contributed by atoms with Gasteiger partial charge in [-0.2, -0.15) is 0 Å². The minimum Gasteiger partial charge on any atom is -0.315 e. The fourth-order valence-corrected chi connectivity index (χ4v) is 1.82. The normalized spacial score (nSPS) is 16.0. The van der Waals surface area contributed by atoms with Crippen molar-refractivity contribution in [3.63, 3.8) is 0 Å². The Labute approximate surface area is 96.4 Å². The molecule has 0 radical (unpaired) electrons. The van der Waals surface area contributed by atoms with Gasteiger partial charge in [0, 0.05) is 18.6 Å². The van der Waals surface area contributed by atoms with E-state index in [1.165, 1.54) is 12.8 Å². The predicted molar refractivity (Wildman–Crippen MR) is 69.3 cm³/mol. The zero-order chi connectivity index (χ0) is 11.8. The highest BCUT2D eigenvalue weighted by molar-refractivity contribution is 4.76. The maximum atomic E-state index is 3.52. The number of nitrogens with one attached hydrogen (secondary N) is 1. The number of hydrogen-bond acceptors (Lipinski definition) is 2. The molecule has 2 atom stereocenters. The van der Waals surface area contributed by atoms with Crippen LogP contribution in [0.3, 0.4) is 0 Å². The van der Waals surface area contributed by atoms with Crippen molar-refractivity contribution >= 4 is 0 Å². The standard InChI is InChI=1S/C13H30N2/c1-7-9-14-10-13(8-2)15(6)12(5)11(3)4/h11-14H,7-10H2,1-6H3. The molecule has 15 heavy (non-hydrogen) atoms. The zero-order valence-corrected chi connectivity index (χ0v) is 11.5. The van der Waals surface area contributed by atoms with E-state index < -0.39 is 0 Å². The molecule has 0 aliphatic carbocycles. The molecule has 2 unspecified atom stereocenters. The van der Waals surface area contributed by atoms with Crippen LogP contribution in [0.1, 0.15) is 47.5 Å². The lowest BCUT2D eigenvalue weighted by Gasteiger charge is -2.35. The van der Waals surface area contributed by atoms with Crippen LogP contribution in [0.25, 0.3) is 0 Å². The van der Waals surface area contributed by atoms with Crippen LogP contribution in [0.15, 0.2) is 0 Å². The largest absolute Gasteiger partial charge is 0.315 e. The Bertz CT molecular complexity index is 145. The lowest BCUT2D eigenvalue weighted by atomic mass is 10.0. The van der Waals surface area contributed by atoms with Crippen LogP contribution in [-0.2, 0) is 0 Å². The summed E-state index contributed by atoms with van der Waals surface area (Å²) >= 11 is 0. The van der Waals surface area contributed by atoms with Crippen LogP contribution < -0.4 is 5.32 Å². The molecule has 0 aromatic heterocycles. The summed E-state index contributed by atoms with van der Waals surface area (Å²) in [7, 11) is 2.26. The molecule has 0 aromatic rings. The summed E-state index contributed by atoms with van der Waals surface area (Å²) in [5.74, 6) is 0.732. The molecule has 0 saturated carbocycles. The SMILES string of the molecule is CCCNCC(CC)N(C)C(C)C(C)C. The summed E-state index contributed by atoms with van der Waals surface area (Å²) in [6.07, 6.45) is 2.45. The molecular formula is C13H30N2. The van der Waals surface area contributed by atoms with Crippen LogP contribution in [0.2, 0.25) is 0 Å². The second-order valence-corrected chi connectivity index (χ2v) is 4.92. The highest BCUT2D eigenvalue weighted by Gasteiger charge is 2.19. The van der Waals surface area contributed by atoms with Crippen LogP contribution in [0, 0.1) is 5.92 Å². The van der Waals surface area contributed by atoms with Gasteiger partial charge in [-0.3, -0.25) is 4.90 Å². The van der Waals surface area contributed by atoms with Gasteiger partial charge in [0.25, 0.3) is 0 Å². The average molecular weight is 214 g/mol. The molecular weight excluding hydrogens is 184 g/mol. The Balaban J connectivity index is 4.03. The van der Waals surface area contributed by atoms with E-state index in [0.29, 0.717) is 12.1 Å². The van der Waals surface area contributed by atoms with Gasteiger partial charge in [0.05, 0.1) is 0 Å². The molecule has 1 N–H and O–H groups in total. The van der Waals surface area contributed by atoms with Crippen LogP contribution in [0.5, 0.6) is 0 Å². The van der Waals surface area contributed by atoms with E-state index in [2.05, 4.69) is 51.9 Å². The summed E-state index contributed by atoms with van der Waals surface area (Å²) in [4.78, 5) is 2.52. The summed E-state index contributed by atoms with van der Waals surface area (Å²) in [6.45, 7) is 13.7. The fourth-order valence-electron chi connectivity index (χ4n) is 1.82. The van der Waals surface area contributed by atoms with Gasteiger partial charge in [0.1, 0.15) is 0 Å². The molecule has 0 aromatic carbocycles. The molecule has 2 heteroatoms. The molecule has 0 aliphatic rings. The summed E-state index contributed by atoms with van der Waals surface area (Å²) < 4.78 is 0. The molecule has 0 saturated heterocycles. The van der Waals surface area contributed by atoms with Crippen LogP contribution in [-0.4, -0.2) is 37.1 Å². The van der Waals surface area contributed by atoms with E-state index in [0.717, 1.165) is 19.0 Å². The Hall–Kier alpha value is -0.0800. The van der Waals surface area contributed by atoms with Gasteiger partial charge >= 0.3 is 0 Å². The highest BCUT2D eigenvalue weighted by Crippen LogP contribution is 2.12. The van der Waals surface area contributed by atoms with E-state index in [4.69, 9.17) is 0 Å². The van der Waals surface area contributed by atoms with Gasteiger partial charge in [-0.1, -0.05) is 27.7 Å². The van der Waals surface area contributed by atoms with Crippen LogP contribution in [0.4, 0.5) is 0 Å². The van der Waals surface area contributed by atoms with Crippen molar-refractivity contribution in [2.75, 3.05) is 20.1 Å². The molecule has 92 valence electrons. The molecule has 0 bridgehead atoms. The van der Waals surface area contributed by atoms with Gasteiger partial charge in [0.2, 0.25) is 0 Å². The first-order chi connectivity index (χ1) is 7.04. The third kappa shape index (κ3) is 5.53. The minimum absolute atomic E-state index is 0.665. The van der Waals surface area contributed by atoms with Crippen molar-refractivity contribution in [2.45, 2.75) is 59.5 Å². The molecule has 0 spiro atoms. The van der Waals surface area contributed by atoms with E-state index in [-0.39, 0.29) is 0 Å². The second-order valence-electron chi connectivity index (χ2n) is 4.92. The van der Waals surface area contributed by atoms with E-state index in [9.17, 15) is 0 Å². The van der Waals surface area contributed by atoms with Crippen molar-refractivity contribution in [1.29, 1.82) is 0 Å². The van der Waals surface area contributed by atoms with Crippen molar-refractivity contribution in [1.82, 2.24) is 10.2 Å². The first-order valence-electron chi connectivity index (χ1n) is 6.47. The Morgan fingerprint density at radius 2 is 1.73 bits per heavy atom. The van der Waals surface area contributed by atoms with Gasteiger partial charge < -0.3 is 5.32 Å². The van der Waals surface area contributed by atoms with Gasteiger partial charge in [-0.05, 0) is 39.3 Å². The molecule has 0 heterocycles. The zero-order valence-electron chi connectivity index (χ0n) is 11.5. The Morgan fingerprint density at radius 3 is 2.13 bits per heavy atom. The van der Waals surface area contributed by atoms with E-state index in [1.807, 2.05) is 0 Å². The summed E-state index contributed by atoms with van der Waals surface area (Å²) in [5, 5.41) is 3.52. The predicted octanol–water partition coefficient (Wildman–Crippen LogP) is 2.74. The average Bonchev–Trinajstić information content (AvgIpc) is 2.22. The van der Waals surface area contributed by atoms with Gasteiger partial charge in [0.15, 0.2) is 0 Å². The maximum Gasteiger partial charge on any atom is 0.0217 e.